The Hall–Kier alpha value is -1.75. The van der Waals surface area contributed by atoms with Gasteiger partial charge < -0.3 is 20.1 Å². The zero-order valence-electron chi connectivity index (χ0n) is 15.0. The molecule has 0 aliphatic carbocycles. The van der Waals surface area contributed by atoms with Crippen LogP contribution in [0.5, 0.6) is 11.5 Å². The number of unbranched alkanes of at least 4 members (excludes halogenated alkanes) is 1. The van der Waals surface area contributed by atoms with Gasteiger partial charge in [-0.2, -0.15) is 0 Å². The van der Waals surface area contributed by atoms with Gasteiger partial charge in [0.15, 0.2) is 11.5 Å². The van der Waals surface area contributed by atoms with Gasteiger partial charge in [0.2, 0.25) is 0 Å². The molecule has 2 N–H and O–H groups in total. The van der Waals surface area contributed by atoms with Crippen LogP contribution in [0.4, 0.5) is 0 Å². The quantitative estimate of drug-likeness (QED) is 0.710. The van der Waals surface area contributed by atoms with Crippen LogP contribution >= 0.6 is 0 Å². The molecule has 1 amide bonds. The molecular formula is C18H30N2O3. The number of methoxy groups -OCH3 is 1. The van der Waals surface area contributed by atoms with Crippen LogP contribution in [-0.2, 0) is 0 Å². The fraction of sp³-hybridized carbons (Fsp3) is 0.611. The number of rotatable bonds is 9. The van der Waals surface area contributed by atoms with Crippen LogP contribution < -0.4 is 15.2 Å². The molecular weight excluding hydrogens is 292 g/mol. The second-order valence-electron chi connectivity index (χ2n) is 6.60. The summed E-state index contributed by atoms with van der Waals surface area (Å²) in [6.45, 7) is 7.97. The summed E-state index contributed by atoms with van der Waals surface area (Å²) in [6.07, 6.45) is 2.06. The SMILES string of the molecule is CCCCOc1ccc(C(=O)N(C)CC(C)(C)CN)cc1OC. The van der Waals surface area contributed by atoms with Crippen molar-refractivity contribution in [3.05, 3.63) is 23.8 Å². The largest absolute Gasteiger partial charge is 0.493 e. The highest BCUT2D eigenvalue weighted by Gasteiger charge is 2.22. The minimum absolute atomic E-state index is 0.0510. The zero-order chi connectivity index (χ0) is 17.5. The molecule has 1 rings (SSSR count). The summed E-state index contributed by atoms with van der Waals surface area (Å²) in [6, 6.07) is 5.30. The van der Waals surface area contributed by atoms with Gasteiger partial charge in [0.05, 0.1) is 13.7 Å². The Morgan fingerprint density at radius 1 is 1.30 bits per heavy atom. The monoisotopic (exact) mass is 322 g/mol. The van der Waals surface area contributed by atoms with E-state index in [9.17, 15) is 4.79 Å². The van der Waals surface area contributed by atoms with E-state index in [1.807, 2.05) is 13.8 Å². The van der Waals surface area contributed by atoms with E-state index in [4.69, 9.17) is 15.2 Å². The van der Waals surface area contributed by atoms with Crippen molar-refractivity contribution in [3.8, 4) is 11.5 Å². The predicted octanol–water partition coefficient (Wildman–Crippen LogP) is 2.93. The topological polar surface area (TPSA) is 64.8 Å². The Morgan fingerprint density at radius 3 is 2.57 bits per heavy atom. The first-order valence-corrected chi connectivity index (χ1v) is 8.11. The third-order valence-electron chi connectivity index (χ3n) is 3.73. The lowest BCUT2D eigenvalue weighted by atomic mass is 9.93. The molecule has 0 fully saturated rings. The van der Waals surface area contributed by atoms with Crippen LogP contribution in [0.15, 0.2) is 18.2 Å². The summed E-state index contributed by atoms with van der Waals surface area (Å²) < 4.78 is 11.0. The van der Waals surface area contributed by atoms with Gasteiger partial charge in [0, 0.05) is 19.2 Å². The Balaban J connectivity index is 2.85. The molecule has 0 radical (unpaired) electrons. The molecule has 23 heavy (non-hydrogen) atoms. The fourth-order valence-corrected chi connectivity index (χ4v) is 2.25. The Morgan fingerprint density at radius 2 is 2.00 bits per heavy atom. The summed E-state index contributed by atoms with van der Waals surface area (Å²) in [7, 11) is 3.37. The zero-order valence-corrected chi connectivity index (χ0v) is 15.0. The van der Waals surface area contributed by atoms with E-state index >= 15 is 0 Å². The number of hydrogen-bond acceptors (Lipinski definition) is 4. The maximum Gasteiger partial charge on any atom is 0.253 e. The van der Waals surface area contributed by atoms with Gasteiger partial charge in [-0.15, -0.1) is 0 Å². The molecule has 0 unspecified atom stereocenters. The van der Waals surface area contributed by atoms with E-state index in [1.165, 1.54) is 0 Å². The number of carbonyl (C=O) groups is 1. The number of ether oxygens (including phenoxy) is 2. The van der Waals surface area contributed by atoms with Crippen LogP contribution in [-0.4, -0.2) is 44.7 Å². The van der Waals surface area contributed by atoms with Crippen molar-refractivity contribution in [2.75, 3.05) is 33.9 Å². The lowest BCUT2D eigenvalue weighted by Crippen LogP contribution is -2.39. The summed E-state index contributed by atoms with van der Waals surface area (Å²) in [5.41, 5.74) is 6.21. The number of amides is 1. The molecule has 0 spiro atoms. The average molecular weight is 322 g/mol. The third kappa shape index (κ3) is 5.75. The third-order valence-corrected chi connectivity index (χ3v) is 3.73. The number of nitrogens with zero attached hydrogens (tertiary/aromatic N) is 1. The molecule has 0 heterocycles. The Kier molecular flexibility index (Phi) is 7.36. The van der Waals surface area contributed by atoms with Gasteiger partial charge in [-0.25, -0.2) is 0 Å². The fourth-order valence-electron chi connectivity index (χ4n) is 2.25. The van der Waals surface area contributed by atoms with E-state index < -0.39 is 0 Å². The second-order valence-corrected chi connectivity index (χ2v) is 6.60. The maximum atomic E-state index is 12.6. The summed E-state index contributed by atoms with van der Waals surface area (Å²) in [5, 5.41) is 0. The molecule has 130 valence electrons. The van der Waals surface area contributed by atoms with Crippen molar-refractivity contribution in [2.24, 2.45) is 11.1 Å². The van der Waals surface area contributed by atoms with Crippen molar-refractivity contribution >= 4 is 5.91 Å². The van der Waals surface area contributed by atoms with Crippen LogP contribution in [0, 0.1) is 5.41 Å². The van der Waals surface area contributed by atoms with Crippen molar-refractivity contribution in [3.63, 3.8) is 0 Å². The second kappa shape index (κ2) is 8.77. The van der Waals surface area contributed by atoms with Crippen LogP contribution in [0.3, 0.4) is 0 Å². The summed E-state index contributed by atoms with van der Waals surface area (Å²) in [4.78, 5) is 14.3. The number of hydrogen-bond donors (Lipinski definition) is 1. The lowest BCUT2D eigenvalue weighted by Gasteiger charge is -2.29. The lowest BCUT2D eigenvalue weighted by molar-refractivity contribution is 0.0740. The van der Waals surface area contributed by atoms with Gasteiger partial charge in [0.1, 0.15) is 0 Å². The highest BCUT2D eigenvalue weighted by Crippen LogP contribution is 2.29. The van der Waals surface area contributed by atoms with Crippen molar-refractivity contribution < 1.29 is 14.3 Å². The molecule has 0 aromatic heterocycles. The molecule has 0 saturated carbocycles. The first kappa shape index (κ1) is 19.3. The number of nitrogens with two attached hydrogens (primary N) is 1. The molecule has 0 saturated heterocycles. The molecule has 0 aliphatic heterocycles. The highest BCUT2D eigenvalue weighted by molar-refractivity contribution is 5.94. The Labute approximate surface area is 139 Å². The number of carbonyl (C=O) groups excluding carboxylic acids is 1. The van der Waals surface area contributed by atoms with E-state index in [0.29, 0.717) is 36.8 Å². The molecule has 5 heteroatoms. The smallest absolute Gasteiger partial charge is 0.253 e. The summed E-state index contributed by atoms with van der Waals surface area (Å²) in [5.74, 6) is 1.20. The molecule has 5 nitrogen and oxygen atoms in total. The van der Waals surface area contributed by atoms with Gasteiger partial charge in [-0.05, 0) is 36.6 Å². The Bertz CT molecular complexity index is 515. The molecule has 0 bridgehead atoms. The van der Waals surface area contributed by atoms with Gasteiger partial charge in [-0.3, -0.25) is 4.79 Å². The van der Waals surface area contributed by atoms with Gasteiger partial charge >= 0.3 is 0 Å². The van der Waals surface area contributed by atoms with Gasteiger partial charge in [-0.1, -0.05) is 27.2 Å². The predicted molar refractivity (Wildman–Crippen MR) is 93.2 cm³/mol. The first-order valence-electron chi connectivity index (χ1n) is 8.11. The minimum Gasteiger partial charge on any atom is -0.493 e. The number of benzene rings is 1. The summed E-state index contributed by atoms with van der Waals surface area (Å²) >= 11 is 0. The normalized spacial score (nSPS) is 11.2. The van der Waals surface area contributed by atoms with Crippen LogP contribution in [0.2, 0.25) is 0 Å². The van der Waals surface area contributed by atoms with E-state index in [0.717, 1.165) is 12.8 Å². The van der Waals surface area contributed by atoms with E-state index in [1.54, 1.807) is 37.3 Å². The maximum absolute atomic E-state index is 12.6. The van der Waals surface area contributed by atoms with Crippen LogP contribution in [0.1, 0.15) is 44.0 Å². The van der Waals surface area contributed by atoms with Crippen molar-refractivity contribution in [2.45, 2.75) is 33.6 Å². The molecule has 0 aliphatic rings. The van der Waals surface area contributed by atoms with Gasteiger partial charge in [0.25, 0.3) is 5.91 Å². The average Bonchev–Trinajstić information content (AvgIpc) is 2.54. The van der Waals surface area contributed by atoms with E-state index in [-0.39, 0.29) is 11.3 Å². The molecule has 1 aromatic carbocycles. The first-order chi connectivity index (χ1) is 10.8. The van der Waals surface area contributed by atoms with Crippen molar-refractivity contribution in [1.82, 2.24) is 4.90 Å². The standard InChI is InChI=1S/C18H30N2O3/c1-6-7-10-23-15-9-8-14(11-16(15)22-5)17(21)20(4)13-18(2,3)12-19/h8-9,11H,6-7,10,12-13,19H2,1-5H3. The highest BCUT2D eigenvalue weighted by atomic mass is 16.5. The molecule has 1 aromatic rings. The molecule has 0 atom stereocenters. The minimum atomic E-state index is -0.113. The van der Waals surface area contributed by atoms with Crippen LogP contribution in [0.25, 0.3) is 0 Å². The van der Waals surface area contributed by atoms with Crippen molar-refractivity contribution in [1.29, 1.82) is 0 Å². The van der Waals surface area contributed by atoms with E-state index in [2.05, 4.69) is 6.92 Å².